The van der Waals surface area contributed by atoms with Crippen molar-refractivity contribution in [2.24, 2.45) is 17.8 Å². The van der Waals surface area contributed by atoms with Crippen LogP contribution in [0.4, 0.5) is 10.5 Å². The Morgan fingerprint density at radius 2 is 1.64 bits per heavy atom. The third kappa shape index (κ3) is 12.5. The fraction of sp³-hybridized carbons (Fsp3) is 0.830. The number of cyclic esters (lactones) is 1. The molecule has 17 heteroatoms. The van der Waals surface area contributed by atoms with Crippen LogP contribution >= 0.6 is 11.8 Å². The van der Waals surface area contributed by atoms with Crippen molar-refractivity contribution in [1.82, 2.24) is 10.2 Å². The van der Waals surface area contributed by atoms with Crippen LogP contribution in [-0.2, 0) is 33.2 Å². The summed E-state index contributed by atoms with van der Waals surface area (Å²) in [6.07, 6.45) is -8.16. The molecule has 4 rings (SSSR count). The second-order valence-corrected chi connectivity index (χ2v) is 20.6. The molecule has 3 fully saturated rings. The molecule has 0 bridgehead atoms. The average Bonchev–Trinajstić information content (AvgIpc) is 3.24. The topological polar surface area (TPSA) is 218 Å². The Hall–Kier alpha value is -2.13. The van der Waals surface area contributed by atoms with Gasteiger partial charge in [-0.15, -0.1) is 0 Å². The van der Waals surface area contributed by atoms with Crippen LogP contribution in [0.15, 0.2) is 30.3 Å². The summed E-state index contributed by atoms with van der Waals surface area (Å²) in [6, 6.07) is 7.15. The minimum absolute atomic E-state index is 0.0734. The Kier molecular flexibility index (Phi) is 19.4. The van der Waals surface area contributed by atoms with Gasteiger partial charge in [-0.05, 0) is 104 Å². The van der Waals surface area contributed by atoms with Crippen molar-refractivity contribution in [3.8, 4) is 0 Å². The zero-order chi connectivity index (χ0) is 47.9. The van der Waals surface area contributed by atoms with Crippen LogP contribution in [0.25, 0.3) is 0 Å². The van der Waals surface area contributed by atoms with E-state index in [1.807, 2.05) is 26.8 Å². The number of amides is 2. The van der Waals surface area contributed by atoms with Crippen molar-refractivity contribution < 1.29 is 63.5 Å². The summed E-state index contributed by atoms with van der Waals surface area (Å²) >= 11 is 1.60. The predicted octanol–water partition coefficient (Wildman–Crippen LogP) is 4.67. The van der Waals surface area contributed by atoms with E-state index < -0.39 is 114 Å². The molecule has 3 saturated heterocycles. The number of nitrogens with zero attached hydrogens (tertiary/aromatic N) is 1. The lowest BCUT2D eigenvalue weighted by Crippen LogP contribution is -2.68. The highest BCUT2D eigenvalue weighted by Gasteiger charge is 2.58. The van der Waals surface area contributed by atoms with Crippen LogP contribution in [0.2, 0.25) is 0 Å². The van der Waals surface area contributed by atoms with Gasteiger partial charge >= 0.3 is 12.0 Å². The van der Waals surface area contributed by atoms with Crippen molar-refractivity contribution in [2.45, 2.75) is 198 Å². The number of thioether (sulfide) groups is 1. The minimum Gasteiger partial charge on any atom is -0.459 e. The molecule has 0 aromatic heterocycles. The van der Waals surface area contributed by atoms with Gasteiger partial charge in [-0.1, -0.05) is 45.9 Å². The van der Waals surface area contributed by atoms with E-state index in [9.17, 15) is 35.1 Å². The highest BCUT2D eigenvalue weighted by atomic mass is 32.2. The number of likely N-dealkylation sites (N-methyl/N-ethyl adjacent to an activating group) is 1. The molecule has 1 aromatic rings. The lowest BCUT2D eigenvalue weighted by Gasteiger charge is -2.53. The maximum atomic E-state index is 14.5. The molecule has 16 nitrogen and oxygen atoms in total. The number of anilines is 1. The number of aliphatic hydroxyl groups is 5. The van der Waals surface area contributed by atoms with E-state index in [2.05, 4.69) is 17.6 Å². The Balaban J connectivity index is 1.79. The van der Waals surface area contributed by atoms with E-state index in [-0.39, 0.29) is 25.2 Å². The summed E-state index contributed by atoms with van der Waals surface area (Å²) in [4.78, 5) is 29.4. The lowest BCUT2D eigenvalue weighted by atomic mass is 9.76. The number of aliphatic hydroxyl groups excluding tert-OH is 2. The summed E-state index contributed by atoms with van der Waals surface area (Å²) in [6.45, 7) is 19.7. The van der Waals surface area contributed by atoms with Crippen LogP contribution in [0.1, 0.15) is 108 Å². The molecule has 368 valence electrons. The summed E-state index contributed by atoms with van der Waals surface area (Å²) < 4.78 is 38.6. The Bertz CT molecular complexity index is 1630. The van der Waals surface area contributed by atoms with Crippen molar-refractivity contribution in [3.63, 3.8) is 0 Å². The van der Waals surface area contributed by atoms with Crippen LogP contribution < -0.4 is 10.6 Å². The van der Waals surface area contributed by atoms with Gasteiger partial charge in [0.15, 0.2) is 12.6 Å². The van der Waals surface area contributed by atoms with Crippen LogP contribution in [-0.4, -0.2) is 164 Å². The molecule has 2 amide bonds. The first kappa shape index (κ1) is 54.5. The fourth-order valence-corrected chi connectivity index (χ4v) is 11.1. The van der Waals surface area contributed by atoms with E-state index in [1.165, 1.54) is 18.9 Å². The zero-order valence-electron chi connectivity index (χ0n) is 40.5. The van der Waals surface area contributed by atoms with Crippen molar-refractivity contribution in [3.05, 3.63) is 30.3 Å². The highest BCUT2D eigenvalue weighted by molar-refractivity contribution is 7.99. The maximum Gasteiger partial charge on any atom is 0.321 e. The second kappa shape index (κ2) is 22.8. The quantitative estimate of drug-likeness (QED) is 0.112. The van der Waals surface area contributed by atoms with Crippen molar-refractivity contribution >= 4 is 29.4 Å². The largest absolute Gasteiger partial charge is 0.459 e. The first-order valence-electron chi connectivity index (χ1n) is 23.2. The molecule has 7 N–H and O–H groups in total. The predicted molar refractivity (Wildman–Crippen MR) is 246 cm³/mol. The maximum absolute atomic E-state index is 14.5. The van der Waals surface area contributed by atoms with Crippen LogP contribution in [0, 0.1) is 17.8 Å². The SMILES string of the molecule is CCCSC[C@]1(O)[C@H](C)O[C@@H](O[C@H]2[C@H](C)[C@@H](O[C@@H]3O[C@H](C)C[C@H](N(C)C(=O)Nc4ccccc4)[C@H]3O)[C@](C)(O)C[C@@H](C)CN[C@H](C)[C@@H](O)[C@](C)(O)[C@@H](CC)OC(=O)[C@@H]2C)C[C@@]1(C)OC. The van der Waals surface area contributed by atoms with Gasteiger partial charge in [0, 0.05) is 44.0 Å². The normalized spacial score (nSPS) is 43.1. The summed E-state index contributed by atoms with van der Waals surface area (Å²) in [5, 5.41) is 66.3. The molecular formula is C47H81N3O13S. The fourth-order valence-electron chi connectivity index (χ4n) is 9.82. The van der Waals surface area contributed by atoms with Crippen LogP contribution in [0.3, 0.4) is 0 Å². The van der Waals surface area contributed by atoms with Gasteiger partial charge in [-0.3, -0.25) is 4.79 Å². The van der Waals surface area contributed by atoms with E-state index in [0.717, 1.165) is 12.2 Å². The van der Waals surface area contributed by atoms with Gasteiger partial charge in [-0.25, -0.2) is 4.79 Å². The number of benzene rings is 1. The molecule has 64 heavy (non-hydrogen) atoms. The lowest BCUT2D eigenvalue weighted by molar-refractivity contribution is -0.333. The highest BCUT2D eigenvalue weighted by Crippen LogP contribution is 2.44. The molecule has 0 spiro atoms. The third-order valence-corrected chi connectivity index (χ3v) is 15.4. The third-order valence-electron chi connectivity index (χ3n) is 14.0. The number of hydrogen-bond donors (Lipinski definition) is 7. The summed E-state index contributed by atoms with van der Waals surface area (Å²) in [5.41, 5.74) is -5.49. The number of urea groups is 1. The van der Waals surface area contributed by atoms with Crippen LogP contribution in [0.5, 0.6) is 0 Å². The Morgan fingerprint density at radius 1 is 0.984 bits per heavy atom. The molecule has 3 heterocycles. The van der Waals surface area contributed by atoms with Crippen molar-refractivity contribution in [1.29, 1.82) is 0 Å². The van der Waals surface area contributed by atoms with Gasteiger partial charge < -0.3 is 69.5 Å². The molecule has 0 saturated carbocycles. The van der Waals surface area contributed by atoms with E-state index >= 15 is 0 Å². The molecule has 18 atom stereocenters. The van der Waals surface area contributed by atoms with E-state index in [0.29, 0.717) is 24.4 Å². The van der Waals surface area contributed by atoms with Crippen molar-refractivity contribution in [2.75, 3.05) is 37.5 Å². The monoisotopic (exact) mass is 928 g/mol. The van der Waals surface area contributed by atoms with Gasteiger partial charge in [0.2, 0.25) is 0 Å². The number of nitrogens with one attached hydrogen (secondary N) is 2. The summed E-state index contributed by atoms with van der Waals surface area (Å²) in [7, 11) is 3.13. The molecule has 0 radical (unpaired) electrons. The standard InChI is InChI=1S/C47H81N3O13S/c1-14-21-64-26-47(57)32(8)60-36(24-45(47,10)58-13)62-38-29(5)40(63-42-37(51)34(22-28(4)59-42)50(12)43(54)49-33-19-17-16-18-20-33)44(9,55)23-27(3)25-48-31(7)39(52)46(11,56)35(15-2)61-41(53)30(38)6/h16-20,27-32,34-40,42,48,51-52,55-57H,14-15,21-26H2,1-13H3,(H,49,54)/t27-,28-,29+,30-,31-,32+,34+,35-,36+,37-,38+,39-,40-,42+,44-,45-,46-,47+/m1/s1. The number of rotatable bonds is 12. The number of methoxy groups -OCH3 is 1. The number of esters is 1. The van der Waals surface area contributed by atoms with Gasteiger partial charge in [-0.2, -0.15) is 11.8 Å². The number of carbonyl (C=O) groups is 2. The number of para-hydroxylation sites is 1. The number of hydrogen-bond acceptors (Lipinski definition) is 15. The number of carbonyl (C=O) groups excluding carboxylic acids is 2. The smallest absolute Gasteiger partial charge is 0.321 e. The summed E-state index contributed by atoms with van der Waals surface area (Å²) in [5.74, 6) is -1.75. The Morgan fingerprint density at radius 3 is 2.25 bits per heavy atom. The minimum atomic E-state index is -1.85. The van der Waals surface area contributed by atoms with E-state index in [4.69, 9.17) is 28.4 Å². The first-order valence-corrected chi connectivity index (χ1v) is 24.3. The molecule has 3 aliphatic heterocycles. The molecule has 0 aliphatic carbocycles. The second-order valence-electron chi connectivity index (χ2n) is 19.5. The molecular weight excluding hydrogens is 847 g/mol. The first-order chi connectivity index (χ1) is 29.9. The zero-order valence-corrected chi connectivity index (χ0v) is 41.3. The molecule has 3 aliphatic rings. The van der Waals surface area contributed by atoms with Gasteiger partial charge in [0.25, 0.3) is 0 Å². The van der Waals surface area contributed by atoms with Gasteiger partial charge in [0.05, 0.1) is 42.0 Å². The Labute approximate surface area is 385 Å². The average molecular weight is 928 g/mol. The molecule has 1 aromatic carbocycles. The number of ether oxygens (including phenoxy) is 6. The molecule has 0 unspecified atom stereocenters. The van der Waals surface area contributed by atoms with Gasteiger partial charge in [0.1, 0.15) is 35.1 Å². The van der Waals surface area contributed by atoms with E-state index in [1.54, 1.807) is 84.6 Å².